The van der Waals surface area contributed by atoms with Gasteiger partial charge in [0.25, 0.3) is 11.8 Å². The van der Waals surface area contributed by atoms with E-state index < -0.39 is 76.3 Å². The molecule has 0 bridgehead atoms. The van der Waals surface area contributed by atoms with Crippen LogP contribution in [0.5, 0.6) is 11.5 Å². The van der Waals surface area contributed by atoms with Gasteiger partial charge in [0, 0.05) is 23.6 Å². The number of rotatable bonds is 6. The minimum absolute atomic E-state index is 0.0112. The van der Waals surface area contributed by atoms with Gasteiger partial charge in [-0.1, -0.05) is 77.3 Å². The number of carbonyl (C=O) groups excluding carboxylic acids is 4. The summed E-state index contributed by atoms with van der Waals surface area (Å²) in [5.74, 6) is -8.15. The molecule has 3 fully saturated rings. The minimum atomic E-state index is -4.83. The summed E-state index contributed by atoms with van der Waals surface area (Å²) in [5, 5.41) is 13.4. The molecule has 3 heterocycles. The van der Waals surface area contributed by atoms with Crippen LogP contribution in [0.25, 0.3) is 0 Å². The molecule has 282 valence electrons. The number of hydrogen-bond acceptors (Lipinski definition) is 8. The molecule has 2 saturated heterocycles. The third-order valence-corrected chi connectivity index (χ3v) is 12.0. The maximum Gasteiger partial charge on any atom is 0.433 e. The van der Waals surface area contributed by atoms with Gasteiger partial charge >= 0.3 is 6.18 Å². The summed E-state index contributed by atoms with van der Waals surface area (Å²) in [6.45, 7) is 0. The van der Waals surface area contributed by atoms with Crippen molar-refractivity contribution in [2.75, 3.05) is 24.1 Å². The Balaban J connectivity index is 1.32. The summed E-state index contributed by atoms with van der Waals surface area (Å²) >= 11 is 12.7. The number of pyridine rings is 1. The zero-order valence-corrected chi connectivity index (χ0v) is 30.6. The van der Waals surface area contributed by atoms with E-state index in [9.17, 15) is 32.7 Å². The fraction of sp³-hybridized carbons (Fsp3) is 0.275. The van der Waals surface area contributed by atoms with Crippen molar-refractivity contribution in [3.8, 4) is 11.5 Å². The molecule has 0 radical (unpaired) electrons. The average Bonchev–Trinajstić information content (AvgIpc) is 3.55. The van der Waals surface area contributed by atoms with E-state index in [-0.39, 0.29) is 45.6 Å². The SMILES string of the molecule is COc1cccc(O)c1C1C2=CCC3C(=O)N(N(C)c4nc(C(F)(F)F)ccc4Cl)C(=O)C3C2CC2C(=O)N(c3cccc(Cl)c3)C(=O)C21c1ccccc1. The number of methoxy groups -OCH3 is 1. The second-order valence-corrected chi connectivity index (χ2v) is 14.8. The molecule has 4 aromatic rings. The fourth-order valence-corrected chi connectivity index (χ4v) is 9.66. The highest BCUT2D eigenvalue weighted by Gasteiger charge is 2.71. The molecule has 6 atom stereocenters. The van der Waals surface area contributed by atoms with E-state index in [0.29, 0.717) is 17.2 Å². The molecule has 10 nitrogen and oxygen atoms in total. The maximum absolute atomic E-state index is 15.4. The van der Waals surface area contributed by atoms with Crippen LogP contribution in [0.3, 0.4) is 0 Å². The number of imide groups is 2. The number of phenols is 1. The lowest BCUT2D eigenvalue weighted by molar-refractivity contribution is -0.141. The number of aromatic hydroxyl groups is 1. The van der Waals surface area contributed by atoms with Crippen LogP contribution in [0.2, 0.25) is 10.0 Å². The van der Waals surface area contributed by atoms with E-state index in [1.807, 2.05) is 0 Å². The lowest BCUT2D eigenvalue weighted by Gasteiger charge is -2.50. The number of benzene rings is 3. The number of hydrogen-bond donors (Lipinski definition) is 1. The third kappa shape index (κ3) is 5.34. The molecule has 4 aliphatic rings. The molecule has 1 N–H and O–H groups in total. The molecule has 8 rings (SSSR count). The van der Waals surface area contributed by atoms with Gasteiger partial charge in [-0.3, -0.25) is 24.2 Å². The van der Waals surface area contributed by atoms with E-state index in [1.54, 1.807) is 66.7 Å². The maximum atomic E-state index is 15.4. The molecule has 55 heavy (non-hydrogen) atoms. The van der Waals surface area contributed by atoms with Gasteiger partial charge in [-0.25, -0.2) is 9.88 Å². The molecule has 15 heteroatoms. The number of nitrogens with zero attached hydrogens (tertiary/aromatic N) is 4. The molecule has 4 amide bonds. The van der Waals surface area contributed by atoms with Crippen molar-refractivity contribution in [2.45, 2.75) is 30.4 Å². The highest BCUT2D eigenvalue weighted by molar-refractivity contribution is 6.33. The van der Waals surface area contributed by atoms with Crippen LogP contribution < -0.4 is 14.6 Å². The molecule has 1 aromatic heterocycles. The van der Waals surface area contributed by atoms with Crippen LogP contribution >= 0.6 is 23.2 Å². The van der Waals surface area contributed by atoms with Crippen LogP contribution in [0, 0.1) is 23.7 Å². The van der Waals surface area contributed by atoms with Crippen LogP contribution in [0.4, 0.5) is 24.7 Å². The fourth-order valence-electron chi connectivity index (χ4n) is 9.25. The van der Waals surface area contributed by atoms with E-state index in [1.165, 1.54) is 26.3 Å². The first kappa shape index (κ1) is 36.6. The molecule has 2 aliphatic heterocycles. The molecule has 1 saturated carbocycles. The number of carbonyl (C=O) groups is 4. The Labute approximate surface area is 322 Å². The predicted octanol–water partition coefficient (Wildman–Crippen LogP) is 7.34. The standard InChI is InChI=1S/C40H31Cl2F3N4O6/c1-47(34-27(42)16-17-30(46-34)40(43,44)45)49-35(51)24-15-14-23-25(31(24)37(49)53)19-26-36(52)48(22-11-6-10-21(41)18-22)38(54)39(26,20-8-4-3-5-9-20)33(23)32-28(50)12-7-13-29(32)55-2/h3-14,16-18,24-26,31,33,50H,15,19H2,1-2H3. The lowest BCUT2D eigenvalue weighted by atomic mass is 9.49. The summed E-state index contributed by atoms with van der Waals surface area (Å²) in [6, 6.07) is 21.4. The van der Waals surface area contributed by atoms with E-state index in [2.05, 4.69) is 4.98 Å². The normalized spacial score (nSPS) is 26.1. The Morgan fingerprint density at radius 3 is 2.33 bits per heavy atom. The van der Waals surface area contributed by atoms with Gasteiger partial charge in [0.2, 0.25) is 11.8 Å². The second-order valence-electron chi connectivity index (χ2n) is 14.0. The van der Waals surface area contributed by atoms with Gasteiger partial charge in [-0.2, -0.15) is 18.2 Å². The number of halogens is 5. The summed E-state index contributed by atoms with van der Waals surface area (Å²) in [7, 11) is 2.64. The number of anilines is 2. The average molecular weight is 792 g/mol. The van der Waals surface area contributed by atoms with Crippen molar-refractivity contribution in [1.82, 2.24) is 9.99 Å². The van der Waals surface area contributed by atoms with Crippen LogP contribution in [-0.4, -0.2) is 52.9 Å². The molecular formula is C40H31Cl2F3N4O6. The number of allylic oxidation sites excluding steroid dienone is 2. The van der Waals surface area contributed by atoms with E-state index >= 15 is 4.79 Å². The smallest absolute Gasteiger partial charge is 0.433 e. The summed E-state index contributed by atoms with van der Waals surface area (Å²) in [4.78, 5) is 63.9. The number of fused-ring (bicyclic) bond motifs is 4. The van der Waals surface area contributed by atoms with Gasteiger partial charge < -0.3 is 9.84 Å². The van der Waals surface area contributed by atoms with Gasteiger partial charge in [-0.05, 0) is 66.8 Å². The highest BCUT2D eigenvalue weighted by Crippen LogP contribution is 2.66. The first-order valence-electron chi connectivity index (χ1n) is 17.3. The van der Waals surface area contributed by atoms with Crippen LogP contribution in [0.15, 0.2) is 96.6 Å². The molecule has 3 aromatic carbocycles. The van der Waals surface area contributed by atoms with E-state index in [0.717, 1.165) is 21.0 Å². The van der Waals surface area contributed by atoms with Crippen LogP contribution in [0.1, 0.15) is 35.6 Å². The molecular weight excluding hydrogens is 760 g/mol. The number of ether oxygens (including phenoxy) is 1. The monoisotopic (exact) mass is 790 g/mol. The largest absolute Gasteiger partial charge is 0.508 e. The molecule has 0 spiro atoms. The Kier molecular flexibility index (Phi) is 8.73. The summed E-state index contributed by atoms with van der Waals surface area (Å²) in [5.41, 5.74) is -1.48. The van der Waals surface area contributed by atoms with Crippen molar-refractivity contribution in [1.29, 1.82) is 0 Å². The summed E-state index contributed by atoms with van der Waals surface area (Å²) < 4.78 is 46.9. The Morgan fingerprint density at radius 2 is 1.64 bits per heavy atom. The number of hydrazine groups is 1. The highest BCUT2D eigenvalue weighted by atomic mass is 35.5. The number of alkyl halides is 3. The molecule has 6 unspecified atom stereocenters. The van der Waals surface area contributed by atoms with Crippen molar-refractivity contribution in [3.63, 3.8) is 0 Å². The molecule has 2 aliphatic carbocycles. The number of amides is 4. The quantitative estimate of drug-likeness (QED) is 0.159. The summed E-state index contributed by atoms with van der Waals surface area (Å²) in [6.07, 6.45) is -3.09. The third-order valence-electron chi connectivity index (χ3n) is 11.4. The predicted molar refractivity (Wildman–Crippen MR) is 195 cm³/mol. The zero-order chi connectivity index (χ0) is 39.1. The van der Waals surface area contributed by atoms with Gasteiger partial charge in [-0.15, -0.1) is 0 Å². The Morgan fingerprint density at radius 1 is 0.909 bits per heavy atom. The van der Waals surface area contributed by atoms with Crippen molar-refractivity contribution >= 4 is 58.3 Å². The minimum Gasteiger partial charge on any atom is -0.508 e. The Hall–Kier alpha value is -5.40. The van der Waals surface area contributed by atoms with Crippen LogP contribution in [-0.2, 0) is 30.8 Å². The zero-order valence-electron chi connectivity index (χ0n) is 29.1. The van der Waals surface area contributed by atoms with Gasteiger partial charge in [0.15, 0.2) is 5.82 Å². The topological polar surface area (TPSA) is 120 Å². The van der Waals surface area contributed by atoms with Crippen molar-refractivity contribution in [3.05, 3.63) is 123 Å². The Bertz CT molecular complexity index is 2320. The lowest BCUT2D eigenvalue weighted by Crippen LogP contribution is -2.53. The first-order chi connectivity index (χ1) is 26.2. The number of aromatic nitrogens is 1. The van der Waals surface area contributed by atoms with E-state index in [4.69, 9.17) is 27.9 Å². The van der Waals surface area contributed by atoms with Crippen molar-refractivity contribution in [2.24, 2.45) is 23.7 Å². The van der Waals surface area contributed by atoms with Gasteiger partial charge in [0.05, 0.1) is 41.0 Å². The second kappa shape index (κ2) is 13.1. The van der Waals surface area contributed by atoms with Crippen molar-refractivity contribution < 1.29 is 42.2 Å². The van der Waals surface area contributed by atoms with Gasteiger partial charge in [0.1, 0.15) is 17.2 Å². The first-order valence-corrected chi connectivity index (χ1v) is 18.1. The number of phenolic OH excluding ortho intramolecular Hbond substituents is 1.